The fourth-order valence-electron chi connectivity index (χ4n) is 17.4. The third-order valence-corrected chi connectivity index (χ3v) is 22.6. The number of aliphatic hydroxyl groups is 13. The third kappa shape index (κ3) is 11.4. The second-order valence-corrected chi connectivity index (χ2v) is 28.1. The van der Waals surface area contributed by atoms with Gasteiger partial charge in [-0.2, -0.15) is 0 Å². The van der Waals surface area contributed by atoms with Gasteiger partial charge in [-0.1, -0.05) is 66.2 Å². The van der Waals surface area contributed by atoms with Crippen molar-refractivity contribution in [2.45, 2.75) is 255 Å². The first kappa shape index (κ1) is 68.4. The van der Waals surface area contributed by atoms with Crippen molar-refractivity contribution in [2.75, 3.05) is 26.4 Å². The Hall–Kier alpha value is -2.95. The molecule has 0 aromatic carbocycles. The van der Waals surface area contributed by atoms with Crippen LogP contribution in [0.25, 0.3) is 0 Å². The van der Waals surface area contributed by atoms with E-state index in [1.807, 2.05) is 27.7 Å². The van der Waals surface area contributed by atoms with Crippen LogP contribution in [0, 0.1) is 50.2 Å². The highest BCUT2D eigenvalue weighted by Crippen LogP contribution is 2.76. The average Bonchev–Trinajstić information content (AvgIpc) is 0.677. The molecule has 4 saturated heterocycles. The predicted octanol–water partition coefficient (Wildman–Crippen LogP) is -1.83. The van der Waals surface area contributed by atoms with Crippen LogP contribution < -0.4 is 0 Å². The van der Waals surface area contributed by atoms with E-state index in [0.717, 1.165) is 5.57 Å². The third-order valence-electron chi connectivity index (χ3n) is 22.6. The smallest absolute Gasteiger partial charge is 0.335 e. The van der Waals surface area contributed by atoms with Crippen molar-refractivity contribution in [3.05, 3.63) is 23.3 Å². The molecule has 0 radical (unpaired) electrons. The van der Waals surface area contributed by atoms with Crippen molar-refractivity contribution in [2.24, 2.45) is 50.2 Å². The number of aliphatic carboxylic acids is 1. The molecule has 9 rings (SSSR count). The summed E-state index contributed by atoms with van der Waals surface area (Å²) in [5, 5.41) is 155. The minimum Gasteiger partial charge on any atom is -0.479 e. The number of carboxylic acids is 1. The number of rotatable bonds is 15. The maximum absolute atomic E-state index is 13.7. The molecule has 0 bridgehead atoms. The molecule has 0 aromatic heterocycles. The summed E-state index contributed by atoms with van der Waals surface area (Å²) in [4.78, 5) is 39.7. The van der Waals surface area contributed by atoms with Crippen molar-refractivity contribution < 1.29 is 133 Å². The van der Waals surface area contributed by atoms with Crippen LogP contribution in [-0.2, 0) is 61.8 Å². The number of hydrogen-bond acceptors (Lipinski definition) is 26. The number of aliphatic hydroxyl groups excluding tert-OH is 13. The highest BCUT2D eigenvalue weighted by molar-refractivity contribution is 5.88. The zero-order valence-electron chi connectivity index (χ0n) is 51.0. The van der Waals surface area contributed by atoms with Gasteiger partial charge < -0.3 is 119 Å². The lowest BCUT2D eigenvalue weighted by Crippen LogP contribution is -2.72. The molecule has 9 aliphatic rings. The summed E-state index contributed by atoms with van der Waals surface area (Å²) < 4.78 is 61.1. The summed E-state index contributed by atoms with van der Waals surface area (Å²) in [6.07, 6.45) is -34.0. The number of ether oxygens (including phenoxy) is 10. The molecule has 496 valence electrons. The van der Waals surface area contributed by atoms with Crippen LogP contribution in [0.15, 0.2) is 23.3 Å². The normalized spacial score (nSPS) is 50.5. The Morgan fingerprint density at radius 1 is 0.632 bits per heavy atom. The molecule has 87 heavy (non-hydrogen) atoms. The van der Waals surface area contributed by atoms with Gasteiger partial charge in [-0.25, -0.2) is 9.59 Å². The van der Waals surface area contributed by atoms with E-state index in [-0.39, 0.29) is 18.3 Å². The van der Waals surface area contributed by atoms with Gasteiger partial charge in [0.2, 0.25) is 0 Å². The zero-order valence-corrected chi connectivity index (χ0v) is 51.0. The Bertz CT molecular complexity index is 2550. The van der Waals surface area contributed by atoms with E-state index >= 15 is 0 Å². The summed E-state index contributed by atoms with van der Waals surface area (Å²) in [7, 11) is 0. The van der Waals surface area contributed by atoms with Crippen LogP contribution in [0.4, 0.5) is 0 Å². The van der Waals surface area contributed by atoms with Gasteiger partial charge in [0.15, 0.2) is 37.4 Å². The summed E-state index contributed by atoms with van der Waals surface area (Å²) in [6.45, 7) is 16.2. The van der Waals surface area contributed by atoms with E-state index in [2.05, 4.69) is 26.8 Å². The fourth-order valence-corrected chi connectivity index (χ4v) is 17.4. The molecule has 30 unspecified atom stereocenters. The quantitative estimate of drug-likeness (QED) is 0.0371. The molecule has 4 aliphatic heterocycles. The summed E-state index contributed by atoms with van der Waals surface area (Å²) in [6, 6.07) is 0. The van der Waals surface area contributed by atoms with E-state index in [0.29, 0.717) is 44.1 Å². The van der Waals surface area contributed by atoms with Gasteiger partial charge in [0.1, 0.15) is 91.6 Å². The lowest BCUT2D eigenvalue weighted by molar-refractivity contribution is -0.405. The Labute approximate surface area is 505 Å². The van der Waals surface area contributed by atoms with Crippen LogP contribution >= 0.6 is 0 Å². The molecule has 27 nitrogen and oxygen atoms in total. The Balaban J connectivity index is 1.05. The molecule has 5 aliphatic carbocycles. The lowest BCUT2D eigenvalue weighted by Gasteiger charge is -2.72. The van der Waals surface area contributed by atoms with Gasteiger partial charge in [0, 0.05) is 17.9 Å². The van der Waals surface area contributed by atoms with E-state index in [1.165, 1.54) is 6.92 Å². The number of fused-ring (bicyclic) bond motifs is 7. The predicted molar refractivity (Wildman–Crippen MR) is 294 cm³/mol. The van der Waals surface area contributed by atoms with Crippen molar-refractivity contribution in [3.8, 4) is 0 Å². The minimum absolute atomic E-state index is 0.0313. The van der Waals surface area contributed by atoms with Gasteiger partial charge in [0.05, 0.1) is 44.1 Å². The number of hydrogen-bond donors (Lipinski definition) is 14. The largest absolute Gasteiger partial charge is 0.479 e. The van der Waals surface area contributed by atoms with Gasteiger partial charge in [-0.05, 0) is 98.2 Å². The zero-order chi connectivity index (χ0) is 64.2. The minimum atomic E-state index is -2.28. The maximum Gasteiger partial charge on any atom is 0.335 e. The first-order chi connectivity index (χ1) is 40.6. The summed E-state index contributed by atoms with van der Waals surface area (Å²) in [5.41, 5.74) is -3.36. The van der Waals surface area contributed by atoms with Gasteiger partial charge >= 0.3 is 17.9 Å². The van der Waals surface area contributed by atoms with Gasteiger partial charge in [0.25, 0.3) is 0 Å². The molecule has 0 aromatic rings. The molecule has 30 atom stereocenters. The van der Waals surface area contributed by atoms with Crippen molar-refractivity contribution in [3.63, 3.8) is 0 Å². The molecular weight excluding hydrogens is 1150 g/mol. The first-order valence-corrected chi connectivity index (χ1v) is 30.4. The summed E-state index contributed by atoms with van der Waals surface area (Å²) in [5.74, 6) is -3.67. The van der Waals surface area contributed by atoms with Crippen molar-refractivity contribution >= 4 is 17.9 Å². The number of carboxylic acid groups (broad SMARTS) is 1. The highest BCUT2D eigenvalue weighted by atomic mass is 16.8. The number of carbonyl (C=O) groups excluding carboxylic acids is 2. The monoisotopic (exact) mass is 1250 g/mol. The van der Waals surface area contributed by atoms with Crippen LogP contribution in [0.5, 0.6) is 0 Å². The molecule has 27 heteroatoms. The van der Waals surface area contributed by atoms with Crippen LogP contribution in [-0.4, -0.2) is 257 Å². The highest BCUT2D eigenvalue weighted by Gasteiger charge is 2.74. The second kappa shape index (κ2) is 25.2. The van der Waals surface area contributed by atoms with E-state index < -0.39 is 224 Å². The Morgan fingerprint density at radius 3 is 1.84 bits per heavy atom. The molecule has 14 N–H and O–H groups in total. The van der Waals surface area contributed by atoms with E-state index in [1.54, 1.807) is 19.9 Å². The molecular formula is C60H94O27. The SMILES string of the molecule is CC=C(C)C(=O)OC1C(OC(C)=O)C(C)(C)CC2C3=CCC4C5(C)CCC(OC6OC(C(=O)O)C(O)C(OC7OC(CO)C(O)C(O)C7OC7OCC(O)C(O)C7O)C6OC6OC(CO)C(O)C(O)C6O)C(C)(C)C5CCC4(C)C3(C)CC(O)C21CO. The Kier molecular flexibility index (Phi) is 19.8. The Morgan fingerprint density at radius 2 is 1.23 bits per heavy atom. The van der Waals surface area contributed by atoms with Crippen molar-refractivity contribution in [1.82, 2.24) is 0 Å². The first-order valence-electron chi connectivity index (χ1n) is 30.4. The standard InChI is InChI=1S/C60H94O27/c1-11-24(2)50(77)87-48-47(79-25(3)64)55(4,5)18-27-26-12-13-32-57(8)16-15-34(56(6,7)31(57)14-17-58(32,9)59(26,10)19-33(66)60(27,48)23-63)82-54-46(86-52-41(73)38(70)36(68)29(20-61)80-52)43(42(74)44(84-54)49(75)76)83-53-45(39(71)37(69)30(21-62)81-53)85-51-40(72)35(67)28(65)22-78-51/h11-12,27-48,51-54,61-63,65-74H,13-23H2,1-10H3,(H,75,76). The van der Waals surface area contributed by atoms with Gasteiger partial charge in [-0.3, -0.25) is 4.79 Å². The van der Waals surface area contributed by atoms with E-state index in [9.17, 15) is 85.9 Å². The van der Waals surface area contributed by atoms with E-state index in [4.69, 9.17) is 47.4 Å². The average molecular weight is 1250 g/mol. The van der Waals surface area contributed by atoms with Crippen LogP contribution in [0.1, 0.15) is 114 Å². The molecule has 8 fully saturated rings. The van der Waals surface area contributed by atoms with Crippen molar-refractivity contribution in [1.29, 1.82) is 0 Å². The van der Waals surface area contributed by atoms with Crippen LogP contribution in [0.2, 0.25) is 0 Å². The number of carbonyl (C=O) groups is 3. The van der Waals surface area contributed by atoms with Gasteiger partial charge in [-0.15, -0.1) is 0 Å². The molecule has 0 amide bonds. The molecule has 0 spiro atoms. The van der Waals surface area contributed by atoms with Crippen LogP contribution in [0.3, 0.4) is 0 Å². The fraction of sp³-hybridized carbons (Fsp3) is 0.883. The topological polar surface area (TPSA) is 427 Å². The number of esters is 2. The second-order valence-electron chi connectivity index (χ2n) is 28.1. The maximum atomic E-state index is 13.7. The lowest BCUT2D eigenvalue weighted by atomic mass is 9.33. The molecule has 4 heterocycles. The molecule has 4 saturated carbocycles. The number of allylic oxidation sites excluding steroid dienone is 3. The summed E-state index contributed by atoms with van der Waals surface area (Å²) >= 11 is 0.